The second kappa shape index (κ2) is 8.28. The van der Waals surface area contributed by atoms with Gasteiger partial charge in [-0.2, -0.15) is 0 Å². The van der Waals surface area contributed by atoms with Gasteiger partial charge in [0, 0.05) is 18.7 Å². The normalized spacial score (nSPS) is 13.1. The van der Waals surface area contributed by atoms with Gasteiger partial charge in [-0.05, 0) is 0 Å². The van der Waals surface area contributed by atoms with Crippen LogP contribution in [0.25, 0.3) is 0 Å². The maximum absolute atomic E-state index is 12.0. The van der Waals surface area contributed by atoms with Crippen LogP contribution in [0.4, 0.5) is 4.48 Å². The van der Waals surface area contributed by atoms with E-state index in [0.717, 1.165) is 12.3 Å². The zero-order valence-electron chi connectivity index (χ0n) is 9.19. The van der Waals surface area contributed by atoms with Crippen molar-refractivity contribution in [1.82, 2.24) is 9.77 Å². The molecule has 0 saturated carbocycles. The molecule has 0 fully saturated rings. The minimum atomic E-state index is -1.20. The Kier molecular flexibility index (Phi) is 7.43. The van der Waals surface area contributed by atoms with Gasteiger partial charge in [0.1, 0.15) is 12.4 Å². The third kappa shape index (κ3) is 5.48. The molecule has 1 aromatic rings. The van der Waals surface area contributed by atoms with Gasteiger partial charge in [0.05, 0.1) is 12.7 Å². The number of hydrogen-bond acceptors (Lipinski definition) is 6. The molecule has 2 atom stereocenters. The highest BCUT2D eigenvalue weighted by Crippen LogP contribution is 1.94. The molecule has 0 radical (unpaired) electrons. The first kappa shape index (κ1) is 16.2. The number of aromatic amines is 1. The molecule has 0 saturated heterocycles. The van der Waals surface area contributed by atoms with Gasteiger partial charge < -0.3 is 25.1 Å². The second-order valence-electron chi connectivity index (χ2n) is 3.12. The monoisotopic (exact) mass is 264 g/mol. The SMILES string of the molecule is O=CC[C@H](O)[C@H](O)CO.O=c1cc[nH]c(=O)n1F. The summed E-state index contributed by atoms with van der Waals surface area (Å²) in [5.41, 5.74) is -2.01. The number of aromatic nitrogens is 2. The summed E-state index contributed by atoms with van der Waals surface area (Å²) in [5.74, 6) is 0. The number of nitrogens with one attached hydrogen (secondary N) is 1. The molecule has 0 aromatic carbocycles. The van der Waals surface area contributed by atoms with E-state index in [-0.39, 0.29) is 6.42 Å². The molecular formula is C9H13FN2O6. The maximum atomic E-state index is 12.0. The minimum absolute atomic E-state index is 0.137. The Bertz CT molecular complexity index is 442. The quantitative estimate of drug-likeness (QED) is 0.446. The van der Waals surface area contributed by atoms with Gasteiger partial charge in [0.15, 0.2) is 0 Å². The van der Waals surface area contributed by atoms with Crippen LogP contribution in [0.1, 0.15) is 6.42 Å². The van der Waals surface area contributed by atoms with Gasteiger partial charge in [-0.25, -0.2) is 4.79 Å². The van der Waals surface area contributed by atoms with Crippen LogP contribution in [0.3, 0.4) is 0 Å². The number of aliphatic hydroxyl groups is 3. The number of aldehydes is 1. The third-order valence-corrected chi connectivity index (χ3v) is 1.77. The zero-order chi connectivity index (χ0) is 14.1. The number of carbonyl (C=O) groups is 1. The number of hydrogen-bond donors (Lipinski definition) is 4. The van der Waals surface area contributed by atoms with Crippen molar-refractivity contribution < 1.29 is 24.6 Å². The summed E-state index contributed by atoms with van der Waals surface area (Å²) in [6.45, 7) is -0.519. The molecule has 1 aromatic heterocycles. The molecule has 0 aliphatic heterocycles. The summed E-state index contributed by atoms with van der Waals surface area (Å²) in [7, 11) is 0. The van der Waals surface area contributed by atoms with Crippen molar-refractivity contribution in [3.8, 4) is 0 Å². The number of nitrogens with zero attached hydrogens (tertiary/aromatic N) is 1. The summed E-state index contributed by atoms with van der Waals surface area (Å²) in [4.78, 5) is 31.5. The van der Waals surface area contributed by atoms with E-state index in [1.807, 2.05) is 4.98 Å². The summed E-state index contributed by atoms with van der Waals surface area (Å²) in [6, 6.07) is 0.918. The van der Waals surface area contributed by atoms with E-state index < -0.39 is 34.9 Å². The predicted molar refractivity (Wildman–Crippen MR) is 57.6 cm³/mol. The molecule has 0 bridgehead atoms. The van der Waals surface area contributed by atoms with E-state index in [9.17, 15) is 18.9 Å². The standard InChI is InChI=1S/C5H10O4.C4H3FN2O2/c6-2-1-4(8)5(9)3-7;5-7-3(8)1-2-6-4(7)9/h2,4-5,7-9H,1,3H2;1-2H,(H,6,9)/t4-,5+;/m0./s1. The molecule has 1 rings (SSSR count). The van der Waals surface area contributed by atoms with Gasteiger partial charge in [-0.15, -0.1) is 0 Å². The molecule has 0 aliphatic rings. The van der Waals surface area contributed by atoms with Crippen LogP contribution in [-0.2, 0) is 4.79 Å². The topological polar surface area (TPSA) is 133 Å². The van der Waals surface area contributed by atoms with Crippen molar-refractivity contribution in [2.45, 2.75) is 18.6 Å². The Morgan fingerprint density at radius 3 is 2.39 bits per heavy atom. The molecule has 18 heavy (non-hydrogen) atoms. The number of carbonyl (C=O) groups excluding carboxylic acids is 1. The Morgan fingerprint density at radius 1 is 1.39 bits per heavy atom. The summed E-state index contributed by atoms with van der Waals surface area (Å²) in [5, 5.41) is 25.5. The fourth-order valence-electron chi connectivity index (χ4n) is 0.784. The summed E-state index contributed by atoms with van der Waals surface area (Å²) >= 11 is 0. The Balaban J connectivity index is 0.000000321. The first-order valence-corrected chi connectivity index (χ1v) is 4.81. The molecule has 102 valence electrons. The van der Waals surface area contributed by atoms with Crippen molar-refractivity contribution >= 4 is 6.29 Å². The van der Waals surface area contributed by atoms with Crippen LogP contribution >= 0.6 is 0 Å². The smallest absolute Gasteiger partial charge is 0.357 e. The molecule has 1 heterocycles. The van der Waals surface area contributed by atoms with E-state index >= 15 is 0 Å². The lowest BCUT2D eigenvalue weighted by molar-refractivity contribution is -0.111. The van der Waals surface area contributed by atoms with Crippen LogP contribution in [0, 0.1) is 0 Å². The molecule has 0 spiro atoms. The number of halogens is 1. The van der Waals surface area contributed by atoms with Crippen molar-refractivity contribution in [3.05, 3.63) is 33.1 Å². The third-order valence-electron chi connectivity index (χ3n) is 1.77. The fourth-order valence-corrected chi connectivity index (χ4v) is 0.784. The van der Waals surface area contributed by atoms with Gasteiger partial charge in [-0.1, -0.05) is 9.27 Å². The molecule has 9 heteroatoms. The Morgan fingerprint density at radius 2 is 2.00 bits per heavy atom. The van der Waals surface area contributed by atoms with Crippen molar-refractivity contribution in [2.24, 2.45) is 0 Å². The second-order valence-corrected chi connectivity index (χ2v) is 3.12. The molecule has 4 N–H and O–H groups in total. The van der Waals surface area contributed by atoms with E-state index in [1.165, 1.54) is 0 Å². The van der Waals surface area contributed by atoms with Crippen LogP contribution < -0.4 is 11.2 Å². The highest BCUT2D eigenvalue weighted by Gasteiger charge is 2.13. The highest BCUT2D eigenvalue weighted by atomic mass is 19.2. The average Bonchev–Trinajstić information content (AvgIpc) is 2.36. The lowest BCUT2D eigenvalue weighted by Crippen LogP contribution is -2.29. The number of H-pyrrole nitrogens is 1. The largest absolute Gasteiger partial charge is 0.394 e. The van der Waals surface area contributed by atoms with Crippen molar-refractivity contribution in [2.75, 3.05) is 6.61 Å². The first-order chi connectivity index (χ1) is 8.43. The summed E-state index contributed by atoms with van der Waals surface area (Å²) < 4.78 is 12.0. The van der Waals surface area contributed by atoms with Crippen LogP contribution in [0.2, 0.25) is 0 Å². The van der Waals surface area contributed by atoms with Crippen LogP contribution in [0.5, 0.6) is 0 Å². The lowest BCUT2D eigenvalue weighted by atomic mass is 10.2. The zero-order valence-corrected chi connectivity index (χ0v) is 9.19. The highest BCUT2D eigenvalue weighted by molar-refractivity contribution is 5.50. The Labute approximate surface area is 99.9 Å². The van der Waals surface area contributed by atoms with Gasteiger partial charge in [0.2, 0.25) is 0 Å². The number of rotatable bonds is 4. The van der Waals surface area contributed by atoms with E-state index in [2.05, 4.69) is 0 Å². The molecule has 0 amide bonds. The van der Waals surface area contributed by atoms with Gasteiger partial charge >= 0.3 is 5.69 Å². The van der Waals surface area contributed by atoms with E-state index in [1.54, 1.807) is 0 Å². The average molecular weight is 264 g/mol. The van der Waals surface area contributed by atoms with E-state index in [0.29, 0.717) is 6.29 Å². The maximum Gasteiger partial charge on any atom is 0.357 e. The number of aliphatic hydroxyl groups excluding tert-OH is 3. The predicted octanol–water partition coefficient (Wildman–Crippen LogP) is -2.44. The molecule has 0 aliphatic carbocycles. The Hall–Kier alpha value is -1.84. The van der Waals surface area contributed by atoms with Crippen LogP contribution in [0.15, 0.2) is 21.9 Å². The lowest BCUT2D eigenvalue weighted by Gasteiger charge is -2.11. The first-order valence-electron chi connectivity index (χ1n) is 4.81. The van der Waals surface area contributed by atoms with Gasteiger partial charge in [-0.3, -0.25) is 4.79 Å². The molecule has 8 nitrogen and oxygen atoms in total. The molecular weight excluding hydrogens is 251 g/mol. The summed E-state index contributed by atoms with van der Waals surface area (Å²) in [6.07, 6.45) is -0.894. The van der Waals surface area contributed by atoms with Crippen molar-refractivity contribution in [3.63, 3.8) is 0 Å². The van der Waals surface area contributed by atoms with Gasteiger partial charge in [0.25, 0.3) is 5.56 Å². The fraction of sp³-hybridized carbons (Fsp3) is 0.444. The van der Waals surface area contributed by atoms with Crippen molar-refractivity contribution in [1.29, 1.82) is 0 Å². The van der Waals surface area contributed by atoms with E-state index in [4.69, 9.17) is 15.3 Å². The molecule has 0 unspecified atom stereocenters. The minimum Gasteiger partial charge on any atom is -0.394 e. The van der Waals surface area contributed by atoms with Crippen LogP contribution in [-0.4, -0.2) is 50.2 Å².